The third kappa shape index (κ3) is 3.16. The van der Waals surface area contributed by atoms with Crippen LogP contribution in [0.15, 0.2) is 25.3 Å². The Kier molecular flexibility index (Phi) is 4.08. The lowest BCUT2D eigenvalue weighted by Gasteiger charge is -2.25. The van der Waals surface area contributed by atoms with Gasteiger partial charge in [-0.2, -0.15) is 0 Å². The van der Waals surface area contributed by atoms with E-state index in [-0.39, 0.29) is 12.0 Å². The first-order chi connectivity index (χ1) is 7.00. The van der Waals surface area contributed by atoms with E-state index in [1.165, 1.54) is 0 Å². The fourth-order valence-electron chi connectivity index (χ4n) is 1.79. The Balaban J connectivity index is 2.60. The number of hydrogen-bond acceptors (Lipinski definition) is 3. The summed E-state index contributed by atoms with van der Waals surface area (Å²) in [5, 5.41) is 9.86. The number of ether oxygens (including phenoxy) is 2. The topological polar surface area (TPSA) is 38.7 Å². The zero-order valence-corrected chi connectivity index (χ0v) is 9.48. The predicted molar refractivity (Wildman–Crippen MR) is 59.4 cm³/mol. The Bertz CT molecular complexity index is 235. The number of aliphatic hydroxyl groups is 1. The zero-order chi connectivity index (χ0) is 11.5. The molecule has 1 heterocycles. The third-order valence-electron chi connectivity index (χ3n) is 2.58. The van der Waals surface area contributed by atoms with Gasteiger partial charge in [0.2, 0.25) is 0 Å². The molecule has 0 saturated carbocycles. The Hall–Kier alpha value is -0.640. The molecule has 0 spiro atoms. The van der Waals surface area contributed by atoms with Gasteiger partial charge in [0.1, 0.15) is 0 Å². The minimum absolute atomic E-state index is 0.107. The molecular weight excluding hydrogens is 192 g/mol. The Morgan fingerprint density at radius 1 is 1.53 bits per heavy atom. The summed E-state index contributed by atoms with van der Waals surface area (Å²) in [7, 11) is 0. The molecular formula is C12H20O3. The van der Waals surface area contributed by atoms with Gasteiger partial charge in [-0.25, -0.2) is 0 Å². The molecule has 0 bridgehead atoms. The van der Waals surface area contributed by atoms with Gasteiger partial charge < -0.3 is 14.6 Å². The highest BCUT2D eigenvalue weighted by Crippen LogP contribution is 2.29. The third-order valence-corrected chi connectivity index (χ3v) is 2.58. The zero-order valence-electron chi connectivity index (χ0n) is 9.48. The van der Waals surface area contributed by atoms with Crippen LogP contribution in [0.2, 0.25) is 0 Å². The van der Waals surface area contributed by atoms with E-state index in [0.717, 1.165) is 0 Å². The summed E-state index contributed by atoms with van der Waals surface area (Å²) in [4.78, 5) is 0. The molecule has 1 aliphatic rings. The van der Waals surface area contributed by atoms with Gasteiger partial charge in [-0.05, 0) is 20.3 Å². The maximum atomic E-state index is 9.86. The molecule has 1 rings (SSSR count). The molecule has 0 aromatic rings. The minimum atomic E-state index is -0.556. The Labute approximate surface area is 91.4 Å². The molecule has 3 heteroatoms. The molecule has 1 N–H and O–H groups in total. The highest BCUT2D eigenvalue weighted by atomic mass is 16.7. The van der Waals surface area contributed by atoms with E-state index in [1.807, 2.05) is 13.8 Å². The highest BCUT2D eigenvalue weighted by molar-refractivity contribution is 4.95. The molecule has 0 aliphatic carbocycles. The molecule has 86 valence electrons. The van der Waals surface area contributed by atoms with E-state index >= 15 is 0 Å². The van der Waals surface area contributed by atoms with Gasteiger partial charge in [0.25, 0.3) is 0 Å². The van der Waals surface area contributed by atoms with Crippen LogP contribution < -0.4 is 0 Å². The first kappa shape index (κ1) is 12.4. The normalized spacial score (nSPS) is 28.3. The van der Waals surface area contributed by atoms with E-state index in [1.54, 1.807) is 12.2 Å². The van der Waals surface area contributed by atoms with Crippen LogP contribution in [-0.2, 0) is 9.47 Å². The highest BCUT2D eigenvalue weighted by Gasteiger charge is 2.38. The average Bonchev–Trinajstić information content (AvgIpc) is 2.48. The van der Waals surface area contributed by atoms with Crippen molar-refractivity contribution in [2.45, 2.75) is 38.3 Å². The lowest BCUT2D eigenvalue weighted by molar-refractivity contribution is -0.146. The summed E-state index contributed by atoms with van der Waals surface area (Å²) >= 11 is 0. The van der Waals surface area contributed by atoms with Crippen molar-refractivity contribution in [3.8, 4) is 0 Å². The molecule has 1 fully saturated rings. The van der Waals surface area contributed by atoms with Crippen molar-refractivity contribution >= 4 is 0 Å². The predicted octanol–water partition coefficient (Wildman–Crippen LogP) is 1.88. The molecule has 0 aromatic heterocycles. The SMILES string of the molecule is C=CC[C@H](O)[C@H](C=C)[C@@H]1COC(C)(C)O1. The second-order valence-electron chi connectivity index (χ2n) is 4.27. The molecule has 0 radical (unpaired) electrons. The second-order valence-corrected chi connectivity index (χ2v) is 4.27. The molecule has 3 nitrogen and oxygen atoms in total. The first-order valence-electron chi connectivity index (χ1n) is 5.23. The molecule has 0 unspecified atom stereocenters. The number of aliphatic hydroxyl groups excluding tert-OH is 1. The Morgan fingerprint density at radius 3 is 2.60 bits per heavy atom. The second kappa shape index (κ2) is 4.92. The van der Waals surface area contributed by atoms with Gasteiger partial charge in [-0.3, -0.25) is 0 Å². The van der Waals surface area contributed by atoms with Crippen molar-refractivity contribution in [3.63, 3.8) is 0 Å². The monoisotopic (exact) mass is 212 g/mol. The fraction of sp³-hybridized carbons (Fsp3) is 0.667. The van der Waals surface area contributed by atoms with Crippen LogP contribution in [0.4, 0.5) is 0 Å². The average molecular weight is 212 g/mol. The van der Waals surface area contributed by atoms with Crippen LogP contribution in [0, 0.1) is 5.92 Å². The summed E-state index contributed by atoms with van der Waals surface area (Å²) in [6.07, 6.45) is 3.35. The van der Waals surface area contributed by atoms with Crippen LogP contribution in [0.5, 0.6) is 0 Å². The molecule has 0 aromatic carbocycles. The number of hydrogen-bond donors (Lipinski definition) is 1. The van der Waals surface area contributed by atoms with Crippen molar-refractivity contribution in [3.05, 3.63) is 25.3 Å². The van der Waals surface area contributed by atoms with Gasteiger partial charge in [0, 0.05) is 5.92 Å². The maximum Gasteiger partial charge on any atom is 0.163 e. The van der Waals surface area contributed by atoms with Crippen LogP contribution in [0.1, 0.15) is 20.3 Å². The van der Waals surface area contributed by atoms with E-state index in [0.29, 0.717) is 13.0 Å². The summed E-state index contributed by atoms with van der Waals surface area (Å²) < 4.78 is 11.1. The summed E-state index contributed by atoms with van der Waals surface area (Å²) in [5.41, 5.74) is 0. The lowest BCUT2D eigenvalue weighted by atomic mass is 9.94. The van der Waals surface area contributed by atoms with E-state index in [9.17, 15) is 5.11 Å². The Morgan fingerprint density at radius 2 is 2.20 bits per heavy atom. The van der Waals surface area contributed by atoms with Crippen molar-refractivity contribution < 1.29 is 14.6 Å². The number of rotatable bonds is 5. The minimum Gasteiger partial charge on any atom is -0.392 e. The van der Waals surface area contributed by atoms with Crippen LogP contribution in [0.25, 0.3) is 0 Å². The summed E-state index contributed by atoms with van der Waals surface area (Å²) in [6, 6.07) is 0. The van der Waals surface area contributed by atoms with E-state index in [2.05, 4.69) is 13.2 Å². The molecule has 0 amide bonds. The van der Waals surface area contributed by atoms with Crippen molar-refractivity contribution in [2.75, 3.05) is 6.61 Å². The molecule has 1 saturated heterocycles. The smallest absolute Gasteiger partial charge is 0.163 e. The maximum absolute atomic E-state index is 9.86. The standard InChI is InChI=1S/C12H20O3/c1-5-7-10(13)9(6-2)11-8-14-12(3,4)15-11/h5-6,9-11,13H,1-2,7-8H2,3-4H3/t9-,10-,11-/m0/s1. The van der Waals surface area contributed by atoms with Crippen molar-refractivity contribution in [1.29, 1.82) is 0 Å². The summed E-state index contributed by atoms with van der Waals surface area (Å²) in [5.74, 6) is -0.662. The first-order valence-corrected chi connectivity index (χ1v) is 5.23. The quantitative estimate of drug-likeness (QED) is 0.707. The lowest BCUT2D eigenvalue weighted by Crippen LogP contribution is -2.33. The van der Waals surface area contributed by atoms with Crippen molar-refractivity contribution in [2.24, 2.45) is 5.92 Å². The largest absolute Gasteiger partial charge is 0.392 e. The van der Waals surface area contributed by atoms with Crippen LogP contribution >= 0.6 is 0 Å². The van der Waals surface area contributed by atoms with Gasteiger partial charge in [0.15, 0.2) is 5.79 Å². The van der Waals surface area contributed by atoms with Gasteiger partial charge in [0.05, 0.1) is 18.8 Å². The van der Waals surface area contributed by atoms with Crippen LogP contribution in [-0.4, -0.2) is 29.7 Å². The summed E-state index contributed by atoms with van der Waals surface area (Å²) in [6.45, 7) is 11.6. The van der Waals surface area contributed by atoms with E-state index < -0.39 is 11.9 Å². The fourth-order valence-corrected chi connectivity index (χ4v) is 1.79. The molecule has 1 aliphatic heterocycles. The van der Waals surface area contributed by atoms with Crippen molar-refractivity contribution in [1.82, 2.24) is 0 Å². The molecule has 15 heavy (non-hydrogen) atoms. The van der Waals surface area contributed by atoms with Gasteiger partial charge >= 0.3 is 0 Å². The van der Waals surface area contributed by atoms with Gasteiger partial charge in [-0.15, -0.1) is 13.2 Å². The molecule has 3 atom stereocenters. The van der Waals surface area contributed by atoms with E-state index in [4.69, 9.17) is 9.47 Å². The van der Waals surface area contributed by atoms with Gasteiger partial charge in [-0.1, -0.05) is 12.2 Å². The van der Waals surface area contributed by atoms with Crippen LogP contribution in [0.3, 0.4) is 0 Å².